The van der Waals surface area contributed by atoms with Crippen LogP contribution in [0.25, 0.3) is 0 Å². The lowest BCUT2D eigenvalue weighted by Crippen LogP contribution is -2.45. The number of amides is 1. The fourth-order valence-electron chi connectivity index (χ4n) is 3.85. The summed E-state index contributed by atoms with van der Waals surface area (Å²) in [5.41, 5.74) is 2.33. The van der Waals surface area contributed by atoms with Gasteiger partial charge in [-0.05, 0) is 55.2 Å². The second-order valence-electron chi connectivity index (χ2n) is 6.89. The van der Waals surface area contributed by atoms with Crippen molar-refractivity contribution in [3.8, 4) is 5.75 Å². The van der Waals surface area contributed by atoms with Crippen LogP contribution in [0.5, 0.6) is 5.75 Å². The minimum absolute atomic E-state index is 0.0947. The zero-order chi connectivity index (χ0) is 16.6. The van der Waals surface area contributed by atoms with Crippen molar-refractivity contribution in [3.05, 3.63) is 28.8 Å². The fraction of sp³-hybridized carbons (Fsp3) is 0.556. The van der Waals surface area contributed by atoms with Crippen molar-refractivity contribution in [1.82, 2.24) is 4.90 Å². The molecule has 5 heteroatoms. The molecule has 0 radical (unpaired) electrons. The average molecular weight is 317 g/mol. The number of rotatable bonds is 2. The molecule has 1 aromatic rings. The molecular weight excluding hydrogens is 294 g/mol. The highest BCUT2D eigenvalue weighted by Crippen LogP contribution is 2.33. The second kappa shape index (κ2) is 6.22. The largest absolute Gasteiger partial charge is 0.507 e. The Kier molecular flexibility index (Phi) is 4.28. The third-order valence-corrected chi connectivity index (χ3v) is 5.03. The summed E-state index contributed by atoms with van der Waals surface area (Å²) in [7, 11) is 0. The number of hydrogen-bond donors (Lipinski definition) is 2. The van der Waals surface area contributed by atoms with E-state index in [4.69, 9.17) is 0 Å². The topological polar surface area (TPSA) is 77.8 Å². The summed E-state index contributed by atoms with van der Waals surface area (Å²) in [6, 6.07) is 3.63. The Balaban J connectivity index is 1.86. The quantitative estimate of drug-likeness (QED) is 0.878. The standard InChI is InChI=1S/C18H23NO4/c1-11-8-13(18(22)23)10-19(9-11)17(21)15-7-6-12-4-2-3-5-14(12)16(15)20/h6-7,11,13,20H,2-5,8-10H2,1H3,(H,22,23). The van der Waals surface area contributed by atoms with Gasteiger partial charge in [-0.15, -0.1) is 0 Å². The van der Waals surface area contributed by atoms with Gasteiger partial charge in [-0.25, -0.2) is 0 Å². The molecule has 2 N–H and O–H groups in total. The lowest BCUT2D eigenvalue weighted by Gasteiger charge is -2.35. The van der Waals surface area contributed by atoms with E-state index in [2.05, 4.69) is 0 Å². The number of phenols is 1. The molecule has 2 atom stereocenters. The lowest BCUT2D eigenvalue weighted by molar-refractivity contribution is -0.143. The first-order valence-electron chi connectivity index (χ1n) is 8.33. The summed E-state index contributed by atoms with van der Waals surface area (Å²) in [6.07, 6.45) is 4.48. The number of phenolic OH excluding ortho intramolecular Hbond substituents is 1. The van der Waals surface area contributed by atoms with E-state index >= 15 is 0 Å². The van der Waals surface area contributed by atoms with Crippen molar-refractivity contribution in [2.24, 2.45) is 11.8 Å². The molecule has 0 saturated carbocycles. The first kappa shape index (κ1) is 15.8. The van der Waals surface area contributed by atoms with Gasteiger partial charge in [0.15, 0.2) is 0 Å². The maximum atomic E-state index is 12.8. The molecule has 1 amide bonds. The first-order chi connectivity index (χ1) is 11.0. The van der Waals surface area contributed by atoms with Crippen LogP contribution in [0.3, 0.4) is 0 Å². The molecule has 0 spiro atoms. The van der Waals surface area contributed by atoms with Crippen molar-refractivity contribution >= 4 is 11.9 Å². The van der Waals surface area contributed by atoms with Gasteiger partial charge in [-0.2, -0.15) is 0 Å². The number of piperidine rings is 1. The van der Waals surface area contributed by atoms with Crippen LogP contribution < -0.4 is 0 Å². The number of fused-ring (bicyclic) bond motifs is 1. The average Bonchev–Trinajstić information content (AvgIpc) is 2.54. The van der Waals surface area contributed by atoms with Gasteiger partial charge in [-0.3, -0.25) is 9.59 Å². The molecular formula is C18H23NO4. The summed E-state index contributed by atoms with van der Waals surface area (Å²) < 4.78 is 0. The van der Waals surface area contributed by atoms with Crippen molar-refractivity contribution in [1.29, 1.82) is 0 Å². The molecule has 23 heavy (non-hydrogen) atoms. The van der Waals surface area contributed by atoms with E-state index in [9.17, 15) is 19.8 Å². The van der Waals surface area contributed by atoms with Crippen molar-refractivity contribution in [2.45, 2.75) is 39.0 Å². The Labute approximate surface area is 135 Å². The van der Waals surface area contributed by atoms with Crippen molar-refractivity contribution < 1.29 is 19.8 Å². The minimum Gasteiger partial charge on any atom is -0.507 e. The van der Waals surface area contributed by atoms with Gasteiger partial charge >= 0.3 is 5.97 Å². The van der Waals surface area contributed by atoms with Gasteiger partial charge in [0.05, 0.1) is 11.5 Å². The van der Waals surface area contributed by atoms with E-state index in [1.165, 1.54) is 0 Å². The Hall–Kier alpha value is -2.04. The van der Waals surface area contributed by atoms with Crippen LogP contribution in [0.2, 0.25) is 0 Å². The number of carbonyl (C=O) groups excluding carboxylic acids is 1. The van der Waals surface area contributed by atoms with E-state index in [1.54, 1.807) is 11.0 Å². The van der Waals surface area contributed by atoms with Gasteiger partial charge in [0.2, 0.25) is 0 Å². The highest BCUT2D eigenvalue weighted by Gasteiger charge is 2.33. The molecule has 2 aliphatic rings. The number of aromatic hydroxyl groups is 1. The highest BCUT2D eigenvalue weighted by molar-refractivity contribution is 5.97. The molecule has 124 valence electrons. The monoisotopic (exact) mass is 317 g/mol. The van der Waals surface area contributed by atoms with Crippen molar-refractivity contribution in [2.75, 3.05) is 13.1 Å². The molecule has 1 fully saturated rings. The summed E-state index contributed by atoms with van der Waals surface area (Å²) in [4.78, 5) is 25.6. The fourth-order valence-corrected chi connectivity index (χ4v) is 3.85. The molecule has 0 bridgehead atoms. The third-order valence-electron chi connectivity index (χ3n) is 5.03. The number of benzene rings is 1. The van der Waals surface area contributed by atoms with E-state index in [0.29, 0.717) is 18.5 Å². The lowest BCUT2D eigenvalue weighted by atomic mass is 9.88. The summed E-state index contributed by atoms with van der Waals surface area (Å²) in [6.45, 7) is 2.72. The van der Waals surface area contributed by atoms with Crippen LogP contribution in [0.4, 0.5) is 0 Å². The number of hydrogen-bond acceptors (Lipinski definition) is 3. The van der Waals surface area contributed by atoms with E-state index in [0.717, 1.165) is 36.8 Å². The van der Waals surface area contributed by atoms with E-state index in [-0.39, 0.29) is 24.1 Å². The minimum atomic E-state index is -0.857. The molecule has 1 aliphatic carbocycles. The zero-order valence-electron chi connectivity index (χ0n) is 13.4. The van der Waals surface area contributed by atoms with Crippen LogP contribution in [-0.4, -0.2) is 40.1 Å². The van der Waals surface area contributed by atoms with Crippen LogP contribution in [0, 0.1) is 11.8 Å². The predicted octanol–water partition coefficient (Wildman–Crippen LogP) is 2.45. The maximum Gasteiger partial charge on any atom is 0.308 e. The molecule has 3 rings (SSSR count). The molecule has 2 unspecified atom stereocenters. The predicted molar refractivity (Wildman–Crippen MR) is 85.6 cm³/mol. The van der Waals surface area contributed by atoms with Crippen LogP contribution in [0.1, 0.15) is 47.7 Å². The molecule has 5 nitrogen and oxygen atoms in total. The second-order valence-corrected chi connectivity index (χ2v) is 6.89. The number of carbonyl (C=O) groups is 2. The summed E-state index contributed by atoms with van der Waals surface area (Å²) in [5, 5.41) is 19.8. The summed E-state index contributed by atoms with van der Waals surface area (Å²) >= 11 is 0. The van der Waals surface area contributed by atoms with Gasteiger partial charge < -0.3 is 15.1 Å². The van der Waals surface area contributed by atoms with Gasteiger partial charge in [-0.1, -0.05) is 13.0 Å². The Morgan fingerprint density at radius 2 is 1.91 bits per heavy atom. The van der Waals surface area contributed by atoms with Gasteiger partial charge in [0, 0.05) is 13.1 Å². The van der Waals surface area contributed by atoms with E-state index in [1.807, 2.05) is 13.0 Å². The summed E-state index contributed by atoms with van der Waals surface area (Å²) in [5.74, 6) is -1.40. The zero-order valence-corrected chi connectivity index (χ0v) is 13.4. The molecule has 1 aromatic carbocycles. The van der Waals surface area contributed by atoms with E-state index < -0.39 is 11.9 Å². The Morgan fingerprint density at radius 3 is 2.65 bits per heavy atom. The van der Waals surface area contributed by atoms with Gasteiger partial charge in [0.1, 0.15) is 5.75 Å². The first-order valence-corrected chi connectivity index (χ1v) is 8.33. The van der Waals surface area contributed by atoms with Gasteiger partial charge in [0.25, 0.3) is 5.91 Å². The number of carboxylic acid groups (broad SMARTS) is 1. The highest BCUT2D eigenvalue weighted by atomic mass is 16.4. The molecule has 0 aromatic heterocycles. The van der Waals surface area contributed by atoms with Crippen LogP contribution >= 0.6 is 0 Å². The normalized spacial score (nSPS) is 24.1. The van der Waals surface area contributed by atoms with Crippen molar-refractivity contribution in [3.63, 3.8) is 0 Å². The molecule has 1 heterocycles. The number of nitrogens with zero attached hydrogens (tertiary/aromatic N) is 1. The Morgan fingerprint density at radius 1 is 1.17 bits per heavy atom. The van der Waals surface area contributed by atoms with Crippen LogP contribution in [-0.2, 0) is 17.6 Å². The number of carboxylic acids is 1. The Bertz CT molecular complexity index is 640. The van der Waals surface area contributed by atoms with Crippen LogP contribution in [0.15, 0.2) is 12.1 Å². The third kappa shape index (κ3) is 3.05. The number of aliphatic carboxylic acids is 1. The maximum absolute atomic E-state index is 12.8. The molecule has 1 aliphatic heterocycles. The number of likely N-dealkylation sites (tertiary alicyclic amines) is 1. The SMILES string of the molecule is CC1CC(C(=O)O)CN(C(=O)c2ccc3c(c2O)CCCC3)C1. The number of aryl methyl sites for hydroxylation is 1. The smallest absolute Gasteiger partial charge is 0.308 e. The molecule has 1 saturated heterocycles.